The highest BCUT2D eigenvalue weighted by molar-refractivity contribution is 5.74. The first-order valence-electron chi connectivity index (χ1n) is 7.25. The van der Waals surface area contributed by atoms with E-state index in [0.29, 0.717) is 17.1 Å². The Hall–Kier alpha value is -3.46. The number of nitrogen functional groups attached to an aromatic ring is 1. The molecule has 0 radical (unpaired) electrons. The Balaban J connectivity index is 2.09. The smallest absolute Gasteiger partial charge is 0.145 e. The van der Waals surface area contributed by atoms with Crippen molar-refractivity contribution >= 4 is 5.82 Å². The Labute approximate surface area is 139 Å². The molecular formula is C18H16N4O2. The number of nitrogens with two attached hydrogens (primary N) is 1. The fourth-order valence-corrected chi connectivity index (χ4v) is 2.41. The fourth-order valence-electron chi connectivity index (χ4n) is 2.41. The average molecular weight is 320 g/mol. The summed E-state index contributed by atoms with van der Waals surface area (Å²) in [6, 6.07) is 16.8. The number of hydrogen-bond donors (Lipinski definition) is 1. The lowest BCUT2D eigenvalue weighted by atomic mass is 10.1. The topological polar surface area (TPSA) is 86.1 Å². The largest absolute Gasteiger partial charge is 0.497 e. The van der Waals surface area contributed by atoms with Gasteiger partial charge in [0.05, 0.1) is 19.9 Å². The average Bonchev–Trinajstić information content (AvgIpc) is 2.98. The number of methoxy groups -OCH3 is 2. The van der Waals surface area contributed by atoms with E-state index in [0.717, 1.165) is 22.7 Å². The minimum absolute atomic E-state index is 0.300. The molecule has 0 aliphatic carbocycles. The van der Waals surface area contributed by atoms with E-state index in [2.05, 4.69) is 11.2 Å². The SMILES string of the molecule is COc1ccc(-c2nn(-c3ccc(OC)cc3)c(N)c2C#N)cc1. The third-order valence-electron chi connectivity index (χ3n) is 3.71. The van der Waals surface area contributed by atoms with Crippen LogP contribution in [0.4, 0.5) is 5.82 Å². The van der Waals surface area contributed by atoms with Crippen LogP contribution in [0.1, 0.15) is 5.56 Å². The fraction of sp³-hybridized carbons (Fsp3) is 0.111. The standard InChI is InChI=1S/C18H16N4O2/c1-23-14-7-3-12(4-8-14)17-16(11-19)18(20)22(21-17)13-5-9-15(24-2)10-6-13/h3-10H,20H2,1-2H3. The van der Waals surface area contributed by atoms with Gasteiger partial charge in [-0.05, 0) is 48.5 Å². The van der Waals surface area contributed by atoms with Gasteiger partial charge in [-0.2, -0.15) is 10.4 Å². The third-order valence-corrected chi connectivity index (χ3v) is 3.71. The molecule has 6 heteroatoms. The zero-order valence-corrected chi connectivity index (χ0v) is 13.4. The molecule has 2 aromatic carbocycles. The van der Waals surface area contributed by atoms with E-state index in [4.69, 9.17) is 15.2 Å². The van der Waals surface area contributed by atoms with E-state index >= 15 is 0 Å². The van der Waals surface area contributed by atoms with Crippen molar-refractivity contribution in [1.82, 2.24) is 9.78 Å². The van der Waals surface area contributed by atoms with Gasteiger partial charge in [-0.25, -0.2) is 4.68 Å². The van der Waals surface area contributed by atoms with Gasteiger partial charge in [-0.1, -0.05) is 0 Å². The normalized spacial score (nSPS) is 10.2. The highest BCUT2D eigenvalue weighted by Crippen LogP contribution is 2.30. The van der Waals surface area contributed by atoms with Gasteiger partial charge in [0.25, 0.3) is 0 Å². The monoisotopic (exact) mass is 320 g/mol. The first-order chi connectivity index (χ1) is 11.7. The number of ether oxygens (including phenoxy) is 2. The molecule has 0 bridgehead atoms. The predicted molar refractivity (Wildman–Crippen MR) is 91.2 cm³/mol. The lowest BCUT2D eigenvalue weighted by Gasteiger charge is -2.05. The van der Waals surface area contributed by atoms with Gasteiger partial charge in [-0.3, -0.25) is 0 Å². The maximum atomic E-state index is 9.48. The second-order valence-corrected chi connectivity index (χ2v) is 5.06. The molecule has 24 heavy (non-hydrogen) atoms. The number of rotatable bonds is 4. The molecule has 0 fully saturated rings. The zero-order valence-electron chi connectivity index (χ0n) is 13.4. The summed E-state index contributed by atoms with van der Waals surface area (Å²) in [6.45, 7) is 0. The summed E-state index contributed by atoms with van der Waals surface area (Å²) >= 11 is 0. The van der Waals surface area contributed by atoms with Gasteiger partial charge in [0.15, 0.2) is 0 Å². The number of anilines is 1. The van der Waals surface area contributed by atoms with E-state index < -0.39 is 0 Å². The molecule has 6 nitrogen and oxygen atoms in total. The maximum Gasteiger partial charge on any atom is 0.145 e. The van der Waals surface area contributed by atoms with Gasteiger partial charge in [0.2, 0.25) is 0 Å². The van der Waals surface area contributed by atoms with Crippen LogP contribution in [0.15, 0.2) is 48.5 Å². The Morgan fingerprint density at radius 3 is 2.00 bits per heavy atom. The molecule has 3 aromatic rings. The van der Waals surface area contributed by atoms with Crippen LogP contribution in [-0.2, 0) is 0 Å². The van der Waals surface area contributed by atoms with Crippen LogP contribution in [0.2, 0.25) is 0 Å². The van der Waals surface area contributed by atoms with Crippen molar-refractivity contribution in [2.24, 2.45) is 0 Å². The quantitative estimate of drug-likeness (QED) is 0.798. The van der Waals surface area contributed by atoms with Crippen molar-refractivity contribution in [3.63, 3.8) is 0 Å². The minimum Gasteiger partial charge on any atom is -0.497 e. The molecule has 0 saturated carbocycles. The minimum atomic E-state index is 0.300. The molecule has 3 rings (SSSR count). The first kappa shape index (κ1) is 15.4. The lowest BCUT2D eigenvalue weighted by molar-refractivity contribution is 0.414. The van der Waals surface area contributed by atoms with Gasteiger partial charge >= 0.3 is 0 Å². The summed E-state index contributed by atoms with van der Waals surface area (Å²) in [5.41, 5.74) is 8.56. The Kier molecular flexibility index (Phi) is 4.08. The third kappa shape index (κ3) is 2.63. The number of nitrogens with zero attached hydrogens (tertiary/aromatic N) is 3. The number of benzene rings is 2. The van der Waals surface area contributed by atoms with Crippen molar-refractivity contribution in [3.05, 3.63) is 54.1 Å². The molecule has 0 atom stereocenters. The molecule has 120 valence electrons. The molecular weight excluding hydrogens is 304 g/mol. The van der Waals surface area contributed by atoms with Crippen LogP contribution in [0.25, 0.3) is 16.9 Å². The van der Waals surface area contributed by atoms with Crippen molar-refractivity contribution < 1.29 is 9.47 Å². The van der Waals surface area contributed by atoms with Gasteiger partial charge in [-0.15, -0.1) is 0 Å². The summed E-state index contributed by atoms with van der Waals surface area (Å²) in [6.07, 6.45) is 0. The molecule has 1 heterocycles. The molecule has 1 aromatic heterocycles. The van der Waals surface area contributed by atoms with E-state index in [9.17, 15) is 5.26 Å². The van der Waals surface area contributed by atoms with Crippen molar-refractivity contribution in [2.45, 2.75) is 0 Å². The number of nitriles is 1. The summed E-state index contributed by atoms with van der Waals surface area (Å²) in [7, 11) is 3.21. The molecule has 0 saturated heterocycles. The molecule has 0 amide bonds. The predicted octanol–water partition coefficient (Wildman–Crippen LogP) is 3.01. The van der Waals surface area contributed by atoms with Crippen molar-refractivity contribution in [2.75, 3.05) is 20.0 Å². The Bertz CT molecular complexity index is 891. The Morgan fingerprint density at radius 2 is 1.50 bits per heavy atom. The van der Waals surface area contributed by atoms with E-state index in [1.165, 1.54) is 0 Å². The van der Waals surface area contributed by atoms with Crippen LogP contribution in [-0.4, -0.2) is 24.0 Å². The van der Waals surface area contributed by atoms with E-state index in [-0.39, 0.29) is 0 Å². The molecule has 0 unspecified atom stereocenters. The summed E-state index contributed by atoms with van der Waals surface area (Å²) in [4.78, 5) is 0. The second-order valence-electron chi connectivity index (χ2n) is 5.06. The van der Waals surface area contributed by atoms with E-state index in [1.54, 1.807) is 18.9 Å². The van der Waals surface area contributed by atoms with Crippen LogP contribution < -0.4 is 15.2 Å². The summed E-state index contributed by atoms with van der Waals surface area (Å²) < 4.78 is 11.9. The van der Waals surface area contributed by atoms with Crippen LogP contribution in [0.3, 0.4) is 0 Å². The Morgan fingerprint density at radius 1 is 0.958 bits per heavy atom. The molecule has 0 spiro atoms. The highest BCUT2D eigenvalue weighted by Gasteiger charge is 2.18. The number of hydrogen-bond acceptors (Lipinski definition) is 5. The van der Waals surface area contributed by atoms with E-state index in [1.807, 2.05) is 48.5 Å². The van der Waals surface area contributed by atoms with Crippen molar-refractivity contribution in [3.8, 4) is 34.5 Å². The van der Waals surface area contributed by atoms with Crippen molar-refractivity contribution in [1.29, 1.82) is 5.26 Å². The highest BCUT2D eigenvalue weighted by atomic mass is 16.5. The van der Waals surface area contributed by atoms with Gasteiger partial charge < -0.3 is 15.2 Å². The first-order valence-corrected chi connectivity index (χ1v) is 7.25. The summed E-state index contributed by atoms with van der Waals surface area (Å²) in [5, 5.41) is 14.0. The van der Waals surface area contributed by atoms with Crippen LogP contribution in [0.5, 0.6) is 11.5 Å². The maximum absolute atomic E-state index is 9.48. The molecule has 0 aliphatic rings. The van der Waals surface area contributed by atoms with Gasteiger partial charge in [0.1, 0.15) is 34.6 Å². The summed E-state index contributed by atoms with van der Waals surface area (Å²) in [5.74, 6) is 1.77. The number of aromatic nitrogens is 2. The van der Waals surface area contributed by atoms with Crippen LogP contribution >= 0.6 is 0 Å². The second kappa shape index (κ2) is 6.34. The molecule has 0 aliphatic heterocycles. The lowest BCUT2D eigenvalue weighted by Crippen LogP contribution is -2.02. The molecule has 2 N–H and O–H groups in total. The van der Waals surface area contributed by atoms with Crippen LogP contribution in [0, 0.1) is 11.3 Å². The zero-order chi connectivity index (χ0) is 17.1. The van der Waals surface area contributed by atoms with Gasteiger partial charge in [0, 0.05) is 5.56 Å².